The molecule has 0 aliphatic rings. The van der Waals surface area contributed by atoms with Crippen LogP contribution in [0.3, 0.4) is 0 Å². The topological polar surface area (TPSA) is 45.0 Å². The summed E-state index contributed by atoms with van der Waals surface area (Å²) in [4.78, 5) is 4.17. The third-order valence-electron chi connectivity index (χ3n) is 0.983. The molecule has 0 aromatic heterocycles. The van der Waals surface area contributed by atoms with Gasteiger partial charge in [-0.2, -0.15) is 18.4 Å². The smallest absolute Gasteiger partial charge is 0.305 e. The summed E-state index contributed by atoms with van der Waals surface area (Å²) in [5.41, 5.74) is 1.96. The van der Waals surface area contributed by atoms with Crippen molar-refractivity contribution in [2.45, 2.75) is 6.18 Å². The van der Waals surface area contributed by atoms with E-state index in [4.69, 9.17) is 5.26 Å². The van der Waals surface area contributed by atoms with Crippen LogP contribution in [-0.4, -0.2) is 19.8 Å². The summed E-state index contributed by atoms with van der Waals surface area (Å²) >= 11 is 0. The Labute approximate surface area is 61.7 Å². The average molecular weight is 168 g/mol. The third-order valence-corrected chi connectivity index (χ3v) is 0.983. The van der Waals surface area contributed by atoms with E-state index in [0.717, 1.165) is 6.07 Å². The zero-order valence-electron chi connectivity index (χ0n) is 5.77. The molecule has 1 atom stereocenters. The highest BCUT2D eigenvalue weighted by atomic mass is 19.4. The lowest BCUT2D eigenvalue weighted by Crippen LogP contribution is -2.31. The molecular weight excluding hydrogens is 161 g/mol. The summed E-state index contributed by atoms with van der Waals surface area (Å²) < 4.78 is 35.2. The number of nitrogens with one attached hydrogen (secondary N) is 1. The van der Waals surface area contributed by atoms with Crippen LogP contribution in [0, 0.1) is 17.2 Å². The molecule has 1 N–H and O–H groups in total. The maximum atomic E-state index is 11.7. The number of halogens is 3. The third kappa shape index (κ3) is 3.80. The van der Waals surface area contributed by atoms with Crippen LogP contribution in [0.25, 0.3) is 0 Å². The number of nitriles is 1. The first-order valence-corrected chi connectivity index (χ1v) is 2.74. The molecule has 0 aliphatic heterocycles. The first kappa shape index (κ1) is 10.2. The Kier molecular flexibility index (Phi) is 3.85. The Balaban J connectivity index is 3.89. The zero-order chi connectivity index (χ0) is 8.91. The first-order chi connectivity index (χ1) is 5.02. The van der Waals surface area contributed by atoms with Gasteiger partial charge >= 0.3 is 6.18 Å². The van der Waals surface area contributed by atoms with Crippen molar-refractivity contribution in [1.82, 2.24) is 5.48 Å². The second kappa shape index (κ2) is 4.16. The van der Waals surface area contributed by atoms with Gasteiger partial charge in [0.1, 0.15) is 0 Å². The number of rotatable bonds is 3. The highest BCUT2D eigenvalue weighted by Crippen LogP contribution is 2.24. The van der Waals surface area contributed by atoms with Crippen LogP contribution in [0.15, 0.2) is 0 Å². The summed E-state index contributed by atoms with van der Waals surface area (Å²) in [6.07, 6.45) is -4.49. The first-order valence-electron chi connectivity index (χ1n) is 2.74. The number of hydrogen-bond donors (Lipinski definition) is 1. The van der Waals surface area contributed by atoms with Crippen LogP contribution in [0.5, 0.6) is 0 Å². The molecule has 0 radical (unpaired) electrons. The van der Waals surface area contributed by atoms with Gasteiger partial charge in [-0.15, -0.1) is 0 Å². The van der Waals surface area contributed by atoms with Crippen LogP contribution in [-0.2, 0) is 4.84 Å². The normalized spacial score (nSPS) is 14.1. The molecule has 0 aromatic carbocycles. The molecule has 0 amide bonds. The van der Waals surface area contributed by atoms with Crippen LogP contribution in [0.2, 0.25) is 0 Å². The van der Waals surface area contributed by atoms with Gasteiger partial charge in [-0.3, -0.25) is 0 Å². The molecule has 64 valence electrons. The van der Waals surface area contributed by atoms with Gasteiger partial charge in [-0.1, -0.05) is 0 Å². The number of hydroxylamine groups is 1. The molecule has 11 heavy (non-hydrogen) atoms. The van der Waals surface area contributed by atoms with Crippen molar-refractivity contribution in [3.8, 4) is 6.07 Å². The highest BCUT2D eigenvalue weighted by molar-refractivity contribution is 4.88. The fraction of sp³-hybridized carbons (Fsp3) is 0.800. The molecular formula is C5H7F3N2O. The van der Waals surface area contributed by atoms with Crippen molar-refractivity contribution in [1.29, 1.82) is 5.26 Å². The van der Waals surface area contributed by atoms with Crippen molar-refractivity contribution in [3.05, 3.63) is 0 Å². The lowest BCUT2D eigenvalue weighted by atomic mass is 10.2. The Bertz CT molecular complexity index is 151. The minimum Gasteiger partial charge on any atom is -0.305 e. The lowest BCUT2D eigenvalue weighted by molar-refractivity contribution is -0.162. The van der Waals surface area contributed by atoms with Crippen LogP contribution in [0.1, 0.15) is 0 Å². The minimum absolute atomic E-state index is 0.545. The van der Waals surface area contributed by atoms with Gasteiger partial charge in [0.25, 0.3) is 0 Å². The van der Waals surface area contributed by atoms with Crippen LogP contribution < -0.4 is 5.48 Å². The van der Waals surface area contributed by atoms with Crippen molar-refractivity contribution in [3.63, 3.8) is 0 Å². The fourth-order valence-electron chi connectivity index (χ4n) is 0.401. The van der Waals surface area contributed by atoms with Crippen LogP contribution in [0.4, 0.5) is 13.2 Å². The van der Waals surface area contributed by atoms with E-state index in [1.165, 1.54) is 7.11 Å². The van der Waals surface area contributed by atoms with Gasteiger partial charge < -0.3 is 4.84 Å². The van der Waals surface area contributed by atoms with Gasteiger partial charge in [0, 0.05) is 6.54 Å². The molecule has 0 heterocycles. The summed E-state index contributed by atoms with van der Waals surface area (Å²) in [5, 5.41) is 8.02. The number of alkyl halides is 3. The Morgan fingerprint density at radius 3 is 2.45 bits per heavy atom. The van der Waals surface area contributed by atoms with E-state index in [1.54, 1.807) is 0 Å². The quantitative estimate of drug-likeness (QED) is 0.635. The van der Waals surface area contributed by atoms with E-state index >= 15 is 0 Å². The highest BCUT2D eigenvalue weighted by Gasteiger charge is 2.39. The summed E-state index contributed by atoms with van der Waals surface area (Å²) in [6.45, 7) is -0.545. The van der Waals surface area contributed by atoms with Gasteiger partial charge in [-0.05, 0) is 0 Å². The van der Waals surface area contributed by atoms with Crippen molar-refractivity contribution in [2.24, 2.45) is 5.92 Å². The summed E-state index contributed by atoms with van der Waals surface area (Å²) in [5.74, 6) is -2.01. The second-order valence-electron chi connectivity index (χ2n) is 1.78. The summed E-state index contributed by atoms with van der Waals surface area (Å²) in [7, 11) is 1.19. The molecule has 0 saturated heterocycles. The number of hydrogen-bond acceptors (Lipinski definition) is 3. The minimum atomic E-state index is -4.49. The SMILES string of the molecule is CONCC(C#N)C(F)(F)F. The Morgan fingerprint density at radius 1 is 1.64 bits per heavy atom. The number of nitrogens with zero attached hydrogens (tertiary/aromatic N) is 1. The molecule has 0 spiro atoms. The molecule has 0 saturated carbocycles. The Morgan fingerprint density at radius 2 is 2.18 bits per heavy atom. The van der Waals surface area contributed by atoms with E-state index < -0.39 is 18.6 Å². The van der Waals surface area contributed by atoms with Crippen molar-refractivity contribution in [2.75, 3.05) is 13.7 Å². The van der Waals surface area contributed by atoms with Gasteiger partial charge in [0.15, 0.2) is 5.92 Å². The second-order valence-corrected chi connectivity index (χ2v) is 1.78. The molecule has 0 bridgehead atoms. The van der Waals surface area contributed by atoms with Crippen molar-refractivity contribution >= 4 is 0 Å². The molecule has 0 fully saturated rings. The van der Waals surface area contributed by atoms with E-state index in [2.05, 4.69) is 4.84 Å². The zero-order valence-corrected chi connectivity index (χ0v) is 5.77. The predicted molar refractivity (Wildman–Crippen MR) is 30.2 cm³/mol. The molecule has 0 aliphatic carbocycles. The monoisotopic (exact) mass is 168 g/mol. The van der Waals surface area contributed by atoms with Gasteiger partial charge in [0.05, 0.1) is 13.2 Å². The average Bonchev–Trinajstić information content (AvgIpc) is 1.87. The molecule has 0 aromatic rings. The molecule has 1 unspecified atom stereocenters. The van der Waals surface area contributed by atoms with Crippen molar-refractivity contribution < 1.29 is 18.0 Å². The predicted octanol–water partition coefficient (Wildman–Crippen LogP) is 0.839. The fourth-order valence-corrected chi connectivity index (χ4v) is 0.401. The summed E-state index contributed by atoms with van der Waals surface area (Å²) in [6, 6.07) is 1.11. The molecule has 6 heteroatoms. The Hall–Kier alpha value is -0.800. The van der Waals surface area contributed by atoms with Gasteiger partial charge in [0.2, 0.25) is 0 Å². The lowest BCUT2D eigenvalue weighted by Gasteiger charge is -2.12. The van der Waals surface area contributed by atoms with Gasteiger partial charge in [-0.25, -0.2) is 5.48 Å². The van der Waals surface area contributed by atoms with E-state index in [9.17, 15) is 13.2 Å². The van der Waals surface area contributed by atoms with E-state index in [1.807, 2.05) is 5.48 Å². The van der Waals surface area contributed by atoms with Crippen LogP contribution >= 0.6 is 0 Å². The van der Waals surface area contributed by atoms with E-state index in [-0.39, 0.29) is 0 Å². The maximum Gasteiger partial charge on any atom is 0.405 e. The standard InChI is InChI=1S/C5H7F3N2O/c1-11-10-3-4(2-9)5(6,7)8/h4,10H,3H2,1H3. The molecule has 3 nitrogen and oxygen atoms in total. The molecule has 0 rings (SSSR count). The van der Waals surface area contributed by atoms with E-state index in [0.29, 0.717) is 0 Å². The largest absolute Gasteiger partial charge is 0.405 e. The maximum absolute atomic E-state index is 11.7.